The molecule has 3 rings (SSSR count). The third kappa shape index (κ3) is 5.85. The highest BCUT2D eigenvalue weighted by Gasteiger charge is 2.36. The zero-order valence-corrected chi connectivity index (χ0v) is 19.8. The van der Waals surface area contributed by atoms with Crippen LogP contribution < -0.4 is 4.74 Å². The van der Waals surface area contributed by atoms with Crippen LogP contribution in [0.2, 0.25) is 0 Å². The molecule has 1 aliphatic rings. The van der Waals surface area contributed by atoms with Crippen LogP contribution in [-0.4, -0.2) is 40.1 Å². The van der Waals surface area contributed by atoms with Gasteiger partial charge < -0.3 is 9.47 Å². The molecule has 0 radical (unpaired) electrons. The molecule has 11 heteroatoms. The van der Waals surface area contributed by atoms with Crippen molar-refractivity contribution in [2.45, 2.75) is 13.5 Å². The van der Waals surface area contributed by atoms with Crippen molar-refractivity contribution < 1.29 is 28.8 Å². The Bertz CT molecular complexity index is 1100. The van der Waals surface area contributed by atoms with Gasteiger partial charge in [0.05, 0.1) is 20.0 Å². The average molecular weight is 568 g/mol. The van der Waals surface area contributed by atoms with Crippen LogP contribution in [-0.2, 0) is 20.9 Å². The van der Waals surface area contributed by atoms with Crippen molar-refractivity contribution in [1.29, 1.82) is 0 Å². The molecule has 166 valence electrons. The Morgan fingerprint density at radius 1 is 1.22 bits per heavy atom. The number of nitro groups is 1. The van der Waals surface area contributed by atoms with Crippen LogP contribution in [0.1, 0.15) is 18.1 Å². The van der Waals surface area contributed by atoms with Gasteiger partial charge in [-0.25, -0.2) is 0 Å². The number of amides is 2. The Morgan fingerprint density at radius 2 is 1.94 bits per heavy atom. The molecule has 1 heterocycles. The third-order valence-electron chi connectivity index (χ3n) is 4.26. The number of hydrogen-bond donors (Lipinski definition) is 0. The molecule has 9 nitrogen and oxygen atoms in total. The first-order valence-electron chi connectivity index (χ1n) is 9.35. The van der Waals surface area contributed by atoms with Gasteiger partial charge in [0.1, 0.15) is 18.9 Å². The van der Waals surface area contributed by atoms with E-state index in [1.54, 1.807) is 43.3 Å². The lowest BCUT2D eigenvalue weighted by atomic mass is 10.2. The van der Waals surface area contributed by atoms with Gasteiger partial charge in [-0.05, 0) is 82.7 Å². The smallest absolute Gasteiger partial charge is 0.326 e. The fraction of sp³-hybridized carbons (Fsp3) is 0.190. The van der Waals surface area contributed by atoms with E-state index >= 15 is 0 Å². The van der Waals surface area contributed by atoms with E-state index in [0.29, 0.717) is 11.3 Å². The lowest BCUT2D eigenvalue weighted by molar-refractivity contribution is -0.384. The largest absolute Gasteiger partial charge is 0.488 e. The van der Waals surface area contributed by atoms with Crippen LogP contribution in [0.5, 0.6) is 5.75 Å². The summed E-state index contributed by atoms with van der Waals surface area (Å²) in [5.74, 6) is -0.571. The minimum atomic E-state index is -0.639. The number of non-ortho nitro benzene ring substituents is 1. The molecule has 1 saturated heterocycles. The summed E-state index contributed by atoms with van der Waals surface area (Å²) in [6.07, 6.45) is 1.58. The predicted octanol–water partition coefficient (Wildman–Crippen LogP) is 4.38. The lowest BCUT2D eigenvalue weighted by Gasteiger charge is -2.11. The van der Waals surface area contributed by atoms with Crippen molar-refractivity contribution in [2.75, 3.05) is 13.2 Å². The van der Waals surface area contributed by atoms with Crippen molar-refractivity contribution in [1.82, 2.24) is 4.90 Å². The molecule has 2 amide bonds. The van der Waals surface area contributed by atoms with Crippen LogP contribution in [0.3, 0.4) is 0 Å². The first-order chi connectivity index (χ1) is 15.3. The summed E-state index contributed by atoms with van der Waals surface area (Å²) in [7, 11) is 0. The number of nitro benzene ring substituents is 1. The van der Waals surface area contributed by atoms with Crippen molar-refractivity contribution in [3.05, 3.63) is 72.2 Å². The van der Waals surface area contributed by atoms with Gasteiger partial charge in [-0.3, -0.25) is 29.4 Å². The summed E-state index contributed by atoms with van der Waals surface area (Å²) in [5.41, 5.74) is 1.49. The number of thioether (sulfide) groups is 1. The zero-order valence-electron chi connectivity index (χ0n) is 16.8. The second kappa shape index (κ2) is 10.6. The van der Waals surface area contributed by atoms with E-state index in [-0.39, 0.29) is 23.8 Å². The zero-order chi connectivity index (χ0) is 23.3. The number of hydrogen-bond acceptors (Lipinski definition) is 8. The number of benzene rings is 2. The monoisotopic (exact) mass is 568 g/mol. The molecule has 1 fully saturated rings. The Labute approximate surface area is 201 Å². The summed E-state index contributed by atoms with van der Waals surface area (Å²) >= 11 is 2.86. The van der Waals surface area contributed by atoms with Gasteiger partial charge in [0.15, 0.2) is 0 Å². The summed E-state index contributed by atoms with van der Waals surface area (Å²) < 4.78 is 11.4. The van der Waals surface area contributed by atoms with E-state index in [0.717, 1.165) is 25.8 Å². The Kier molecular flexibility index (Phi) is 7.85. The summed E-state index contributed by atoms with van der Waals surface area (Å²) in [6, 6.07) is 11.4. The number of imide groups is 1. The van der Waals surface area contributed by atoms with E-state index in [4.69, 9.17) is 9.47 Å². The summed E-state index contributed by atoms with van der Waals surface area (Å²) in [5, 5.41) is 10.2. The highest BCUT2D eigenvalue weighted by molar-refractivity contribution is 14.1. The van der Waals surface area contributed by atoms with Gasteiger partial charge in [0.2, 0.25) is 0 Å². The molecule has 0 atom stereocenters. The maximum atomic E-state index is 12.5. The quantitative estimate of drug-likeness (QED) is 0.152. The van der Waals surface area contributed by atoms with Crippen LogP contribution in [0.25, 0.3) is 6.08 Å². The Morgan fingerprint density at radius 3 is 2.56 bits per heavy atom. The first kappa shape index (κ1) is 23.7. The van der Waals surface area contributed by atoms with Crippen molar-refractivity contribution in [3.63, 3.8) is 0 Å². The van der Waals surface area contributed by atoms with Gasteiger partial charge in [-0.15, -0.1) is 0 Å². The van der Waals surface area contributed by atoms with E-state index < -0.39 is 28.6 Å². The van der Waals surface area contributed by atoms with Crippen LogP contribution in [0, 0.1) is 13.7 Å². The van der Waals surface area contributed by atoms with Gasteiger partial charge in [0, 0.05) is 12.1 Å². The van der Waals surface area contributed by atoms with Gasteiger partial charge in [-0.2, -0.15) is 0 Å². The minimum Gasteiger partial charge on any atom is -0.488 e. The normalized spacial score (nSPS) is 14.7. The molecule has 0 unspecified atom stereocenters. The molecule has 32 heavy (non-hydrogen) atoms. The Balaban J connectivity index is 1.66. The van der Waals surface area contributed by atoms with Crippen LogP contribution in [0.4, 0.5) is 10.5 Å². The van der Waals surface area contributed by atoms with Crippen LogP contribution in [0.15, 0.2) is 47.4 Å². The molecule has 0 bridgehead atoms. The molecule has 0 spiro atoms. The molecule has 0 aliphatic carbocycles. The predicted molar refractivity (Wildman–Crippen MR) is 126 cm³/mol. The number of esters is 1. The third-order valence-corrected chi connectivity index (χ3v) is 6.01. The molecule has 1 aliphatic heterocycles. The maximum absolute atomic E-state index is 12.5. The highest BCUT2D eigenvalue weighted by Crippen LogP contribution is 2.33. The summed E-state index contributed by atoms with van der Waals surface area (Å²) in [6.45, 7) is 1.64. The molecular weight excluding hydrogens is 551 g/mol. The Hall–Kier alpha value is -2.93. The van der Waals surface area contributed by atoms with Gasteiger partial charge in [-0.1, -0.05) is 6.07 Å². The number of carbonyl (C=O) groups excluding carboxylic acids is 3. The SMILES string of the molecule is CCOC(=O)CN1C(=O)S/C(=C/c2ccc(OCc3ccc([N+](=O)[O-])cc3)c(I)c2)C1=O. The lowest BCUT2D eigenvalue weighted by Crippen LogP contribution is -2.34. The van der Waals surface area contributed by atoms with Gasteiger partial charge >= 0.3 is 5.97 Å². The second-order valence-electron chi connectivity index (χ2n) is 6.47. The van der Waals surface area contributed by atoms with E-state index in [2.05, 4.69) is 22.6 Å². The highest BCUT2D eigenvalue weighted by atomic mass is 127. The topological polar surface area (TPSA) is 116 Å². The van der Waals surface area contributed by atoms with Crippen molar-refractivity contribution in [3.8, 4) is 5.75 Å². The first-order valence-corrected chi connectivity index (χ1v) is 11.2. The standard InChI is InChI=1S/C21H17IN2O7S/c1-2-30-19(25)11-23-20(26)18(32-21(23)27)10-14-5-8-17(16(22)9-14)31-12-13-3-6-15(7-4-13)24(28)29/h3-10H,2,11-12H2,1H3/b18-10+. The summed E-state index contributed by atoms with van der Waals surface area (Å²) in [4.78, 5) is 47.5. The molecule has 0 aromatic heterocycles. The molecular formula is C21H17IN2O7S. The van der Waals surface area contributed by atoms with E-state index in [9.17, 15) is 24.5 Å². The number of halogens is 1. The second-order valence-corrected chi connectivity index (χ2v) is 8.63. The number of ether oxygens (including phenoxy) is 2. The van der Waals surface area contributed by atoms with Crippen molar-refractivity contribution in [2.24, 2.45) is 0 Å². The molecule has 2 aromatic carbocycles. The molecule has 0 N–H and O–H groups in total. The fourth-order valence-corrected chi connectivity index (χ4v) is 4.26. The molecule has 0 saturated carbocycles. The molecule has 2 aromatic rings. The van der Waals surface area contributed by atoms with E-state index in [1.807, 2.05) is 0 Å². The van der Waals surface area contributed by atoms with E-state index in [1.165, 1.54) is 12.1 Å². The maximum Gasteiger partial charge on any atom is 0.326 e. The average Bonchev–Trinajstić information content (AvgIpc) is 3.01. The van der Waals surface area contributed by atoms with Crippen LogP contribution >= 0.6 is 34.4 Å². The number of carbonyl (C=O) groups is 3. The number of nitrogens with zero attached hydrogens (tertiary/aromatic N) is 2. The minimum absolute atomic E-state index is 0.0133. The van der Waals surface area contributed by atoms with Gasteiger partial charge in [0.25, 0.3) is 16.8 Å². The van der Waals surface area contributed by atoms with Crippen molar-refractivity contribution >= 4 is 63.2 Å². The number of rotatable bonds is 8. The fourth-order valence-electron chi connectivity index (χ4n) is 2.72.